The van der Waals surface area contributed by atoms with Crippen molar-refractivity contribution in [2.24, 2.45) is 33.9 Å². The molecule has 0 saturated carbocycles. The summed E-state index contributed by atoms with van der Waals surface area (Å²) < 4.78 is 6.00. The second kappa shape index (κ2) is 14.0. The minimum atomic E-state index is -0.552. The molecule has 246 valence electrons. The van der Waals surface area contributed by atoms with Gasteiger partial charge in [0.15, 0.2) is 5.82 Å². The van der Waals surface area contributed by atoms with Gasteiger partial charge in [-0.25, -0.2) is 0 Å². The van der Waals surface area contributed by atoms with Crippen molar-refractivity contribution >= 4 is 74.3 Å². The highest BCUT2D eigenvalue weighted by atomic mass is 79.9. The number of primary amides is 1. The van der Waals surface area contributed by atoms with Crippen LogP contribution in [0.4, 0.5) is 22.9 Å². The first-order chi connectivity index (χ1) is 22.1. The van der Waals surface area contributed by atoms with Gasteiger partial charge in [0.25, 0.3) is 29.5 Å². The van der Waals surface area contributed by atoms with E-state index in [0.29, 0.717) is 17.1 Å². The van der Waals surface area contributed by atoms with Crippen LogP contribution < -0.4 is 32.3 Å². The van der Waals surface area contributed by atoms with Crippen LogP contribution in [0.25, 0.3) is 0 Å². The maximum absolute atomic E-state index is 13.1. The number of aromatic nitrogens is 5. The first-order valence-electron chi connectivity index (χ1n) is 13.8. The van der Waals surface area contributed by atoms with E-state index in [-0.39, 0.29) is 46.0 Å². The molecule has 17 nitrogen and oxygen atoms in total. The molecule has 0 bridgehead atoms. The summed E-state index contributed by atoms with van der Waals surface area (Å²) in [7, 11) is 6.43. The zero-order chi connectivity index (χ0) is 34.6. The van der Waals surface area contributed by atoms with E-state index in [1.807, 2.05) is 0 Å². The highest BCUT2D eigenvalue weighted by molar-refractivity contribution is 9.12. The number of rotatable bonds is 12. The third-order valence-electron chi connectivity index (χ3n) is 6.74. The molecule has 0 saturated heterocycles. The van der Waals surface area contributed by atoms with Gasteiger partial charge in [-0.2, -0.15) is 5.10 Å². The van der Waals surface area contributed by atoms with E-state index in [1.165, 1.54) is 45.1 Å². The lowest BCUT2D eigenvalue weighted by atomic mass is 10.3. The molecule has 4 aromatic rings. The smallest absolute Gasteiger partial charge is 0.273 e. The van der Waals surface area contributed by atoms with E-state index >= 15 is 0 Å². The molecule has 47 heavy (non-hydrogen) atoms. The molecule has 4 aromatic heterocycles. The topological polar surface area (TPSA) is 221 Å². The Balaban J connectivity index is 1.38. The summed E-state index contributed by atoms with van der Waals surface area (Å²) in [5.41, 5.74) is 7.00. The Morgan fingerprint density at radius 1 is 0.702 bits per heavy atom. The molecule has 6 amide bonds. The number of hydrogen-bond acceptors (Lipinski definition) is 7. The van der Waals surface area contributed by atoms with Crippen LogP contribution in [0.5, 0.6) is 0 Å². The van der Waals surface area contributed by atoms with Crippen LogP contribution in [0.2, 0.25) is 0 Å². The monoisotopic (exact) mass is 709 g/mol. The minimum absolute atomic E-state index is 0.0191. The highest BCUT2D eigenvalue weighted by Crippen LogP contribution is 2.21. The van der Waals surface area contributed by atoms with Crippen molar-refractivity contribution in [3.05, 3.63) is 76.7 Å². The lowest BCUT2D eigenvalue weighted by Gasteiger charge is -2.03. The molecule has 0 radical (unpaired) electrons. The van der Waals surface area contributed by atoms with Crippen LogP contribution in [-0.2, 0) is 37.8 Å². The Morgan fingerprint density at radius 2 is 1.15 bits per heavy atom. The van der Waals surface area contributed by atoms with Crippen molar-refractivity contribution in [3.63, 3.8) is 0 Å². The molecule has 0 spiro atoms. The molecule has 4 rings (SSSR count). The van der Waals surface area contributed by atoms with Gasteiger partial charge < -0.3 is 46.0 Å². The van der Waals surface area contributed by atoms with E-state index in [9.17, 15) is 28.8 Å². The molecular formula is C29H32BrN11O6. The molecule has 0 aliphatic heterocycles. The largest absolute Gasteiger partial charge is 0.370 e. The van der Waals surface area contributed by atoms with Crippen LogP contribution in [0.1, 0.15) is 48.4 Å². The van der Waals surface area contributed by atoms with Crippen LogP contribution in [0, 0.1) is 0 Å². The summed E-state index contributed by atoms with van der Waals surface area (Å²) in [5, 5.41) is 17.4. The maximum atomic E-state index is 13.1. The van der Waals surface area contributed by atoms with Crippen molar-refractivity contribution in [1.82, 2.24) is 28.8 Å². The number of amides is 6. The van der Waals surface area contributed by atoms with Crippen molar-refractivity contribution < 1.29 is 28.8 Å². The van der Waals surface area contributed by atoms with E-state index in [0.717, 1.165) is 0 Å². The average molecular weight is 711 g/mol. The molecule has 0 aliphatic carbocycles. The summed E-state index contributed by atoms with van der Waals surface area (Å²) in [6.45, 7) is 3.57. The fraction of sp³-hybridized carbons (Fsp3) is 0.207. The fourth-order valence-electron chi connectivity index (χ4n) is 4.48. The average Bonchev–Trinajstić information content (AvgIpc) is 3.73. The Bertz CT molecular complexity index is 1930. The molecule has 0 aliphatic rings. The lowest BCUT2D eigenvalue weighted by molar-refractivity contribution is -0.118. The van der Waals surface area contributed by atoms with Gasteiger partial charge in [-0.15, -0.1) is 0 Å². The summed E-state index contributed by atoms with van der Waals surface area (Å²) in [6, 6.07) is 5.84. The van der Waals surface area contributed by atoms with Crippen molar-refractivity contribution in [2.75, 3.05) is 27.8 Å². The second-order valence-corrected chi connectivity index (χ2v) is 11.4. The van der Waals surface area contributed by atoms with Gasteiger partial charge >= 0.3 is 0 Å². The zero-order valence-electron chi connectivity index (χ0n) is 25.8. The van der Waals surface area contributed by atoms with Gasteiger partial charge in [0.2, 0.25) is 5.91 Å². The lowest BCUT2D eigenvalue weighted by Crippen LogP contribution is -2.29. The van der Waals surface area contributed by atoms with Gasteiger partial charge in [0.1, 0.15) is 22.8 Å². The molecule has 0 atom stereocenters. The predicted molar refractivity (Wildman–Crippen MR) is 176 cm³/mol. The summed E-state index contributed by atoms with van der Waals surface area (Å²) in [5.74, 6) is -2.89. The predicted octanol–water partition coefficient (Wildman–Crippen LogP) is 1.64. The number of aryl methyl sites for hydroxylation is 4. The summed E-state index contributed by atoms with van der Waals surface area (Å²) >= 11 is 3.01. The van der Waals surface area contributed by atoms with E-state index < -0.39 is 35.4 Å². The molecule has 0 unspecified atom stereocenters. The van der Waals surface area contributed by atoms with Gasteiger partial charge in [0, 0.05) is 65.8 Å². The summed E-state index contributed by atoms with van der Waals surface area (Å²) in [6.07, 6.45) is 4.67. The Hall–Kier alpha value is -5.91. The molecule has 0 fully saturated rings. The van der Waals surface area contributed by atoms with Gasteiger partial charge in [0.05, 0.1) is 21.5 Å². The standard InChI is InChI=1S/C29H32BrN11O6/c1-15(30)25(43)33-16-8-19(38(2)12-16)27(45)34-17-9-20(39(3)13-17)28(46)35-18-10-21(40(4)14-18)29(47)36-24-11-22(41(5)37-24)26(44)32-7-6-23(31)42/h8-14H,1,6-7H2,2-5H3,(H2,31,42)(H,32,44)(H,33,43)(H,34,45)(H,35,46)(H,36,37,47). The second-order valence-electron chi connectivity index (χ2n) is 10.4. The first-order valence-corrected chi connectivity index (χ1v) is 14.6. The van der Waals surface area contributed by atoms with Crippen LogP contribution in [0.3, 0.4) is 0 Å². The van der Waals surface area contributed by atoms with E-state index in [1.54, 1.807) is 44.3 Å². The maximum Gasteiger partial charge on any atom is 0.273 e. The quantitative estimate of drug-likeness (QED) is 0.119. The SMILES string of the molecule is C=C(Br)C(=O)Nc1cc(C(=O)Nc2cc(C(=O)Nc3cc(C(=O)Nc4cc(C(=O)NCCC(N)=O)n(C)n4)n(C)c3)n(C)c2)n(C)c1. The highest BCUT2D eigenvalue weighted by Gasteiger charge is 2.20. The normalized spacial score (nSPS) is 10.7. The van der Waals surface area contributed by atoms with E-state index in [4.69, 9.17) is 5.73 Å². The number of nitrogens with zero attached hydrogens (tertiary/aromatic N) is 5. The summed E-state index contributed by atoms with van der Waals surface area (Å²) in [4.78, 5) is 74.2. The minimum Gasteiger partial charge on any atom is -0.370 e. The number of carbonyl (C=O) groups is 6. The number of anilines is 4. The molecular weight excluding hydrogens is 678 g/mol. The third kappa shape index (κ3) is 8.23. The first kappa shape index (κ1) is 34.0. The fourth-order valence-corrected chi connectivity index (χ4v) is 4.58. The number of hydrogen-bond donors (Lipinski definition) is 6. The molecule has 18 heteroatoms. The Morgan fingerprint density at radius 3 is 1.60 bits per heavy atom. The number of halogens is 1. The van der Waals surface area contributed by atoms with Crippen molar-refractivity contribution in [1.29, 1.82) is 0 Å². The van der Waals surface area contributed by atoms with Crippen LogP contribution >= 0.6 is 15.9 Å². The van der Waals surface area contributed by atoms with Crippen LogP contribution in [0.15, 0.2) is 53.9 Å². The number of nitrogens with one attached hydrogen (secondary N) is 5. The molecule has 0 aromatic carbocycles. The third-order valence-corrected chi connectivity index (χ3v) is 7.10. The Labute approximate surface area is 276 Å². The van der Waals surface area contributed by atoms with Gasteiger partial charge in [-0.05, 0) is 34.1 Å². The number of nitrogens with two attached hydrogens (primary N) is 1. The molecule has 7 N–H and O–H groups in total. The van der Waals surface area contributed by atoms with Crippen molar-refractivity contribution in [3.8, 4) is 0 Å². The number of carbonyl (C=O) groups excluding carboxylic acids is 6. The van der Waals surface area contributed by atoms with Crippen LogP contribution in [-0.4, -0.2) is 65.5 Å². The Kier molecular flexibility index (Phi) is 10.1. The van der Waals surface area contributed by atoms with Gasteiger partial charge in [-0.3, -0.25) is 33.4 Å². The molecule has 4 heterocycles. The van der Waals surface area contributed by atoms with Gasteiger partial charge in [-0.1, -0.05) is 6.58 Å². The zero-order valence-corrected chi connectivity index (χ0v) is 27.4. The van der Waals surface area contributed by atoms with Crippen molar-refractivity contribution in [2.45, 2.75) is 6.42 Å². The van der Waals surface area contributed by atoms with E-state index in [2.05, 4.69) is 54.2 Å².